The number of hydrogen-bond donors (Lipinski definition) is 2. The minimum absolute atomic E-state index is 0.0598. The van der Waals surface area contributed by atoms with Gasteiger partial charge in [-0.05, 0) is 29.3 Å². The van der Waals surface area contributed by atoms with E-state index in [0.717, 1.165) is 6.54 Å². The third-order valence-corrected chi connectivity index (χ3v) is 5.04. The van der Waals surface area contributed by atoms with E-state index in [-0.39, 0.29) is 18.1 Å². The third kappa shape index (κ3) is 2.87. The number of urea groups is 1. The summed E-state index contributed by atoms with van der Waals surface area (Å²) in [4.78, 5) is 18.8. The normalized spacial score (nSPS) is 19.6. The van der Waals surface area contributed by atoms with Crippen molar-refractivity contribution in [2.75, 3.05) is 18.4 Å². The van der Waals surface area contributed by atoms with Crippen LogP contribution in [0.1, 0.15) is 28.8 Å². The first-order valence-electron chi connectivity index (χ1n) is 8.28. The molecule has 0 saturated carbocycles. The molecule has 0 fully saturated rings. The Labute approximate surface area is 156 Å². The minimum Gasteiger partial charge on any atom is -0.345 e. The smallest absolute Gasteiger partial charge is 0.319 e. The van der Waals surface area contributed by atoms with Crippen LogP contribution in [-0.2, 0) is 0 Å². The van der Waals surface area contributed by atoms with Crippen LogP contribution in [0.25, 0.3) is 0 Å². The van der Waals surface area contributed by atoms with Crippen LogP contribution in [0.5, 0.6) is 0 Å². The van der Waals surface area contributed by atoms with E-state index in [1.807, 2.05) is 24.5 Å². The van der Waals surface area contributed by atoms with E-state index in [9.17, 15) is 4.79 Å². The van der Waals surface area contributed by atoms with Crippen molar-refractivity contribution in [1.29, 1.82) is 5.26 Å². The molecule has 4 rings (SSSR count). The highest BCUT2D eigenvalue weighted by atomic mass is 35.5. The Morgan fingerprint density at radius 3 is 2.88 bits per heavy atom. The Hall–Kier alpha value is -3.04. The maximum Gasteiger partial charge on any atom is 0.319 e. The fourth-order valence-corrected chi connectivity index (χ4v) is 3.74. The molecular formula is C19H16ClN5O. The second kappa shape index (κ2) is 6.70. The average molecular weight is 366 g/mol. The summed E-state index contributed by atoms with van der Waals surface area (Å²) in [5.74, 6) is 0. The number of carbonyl (C=O) groups is 1. The van der Waals surface area contributed by atoms with Crippen molar-refractivity contribution in [2.45, 2.75) is 12.1 Å². The maximum atomic E-state index is 12.3. The molecule has 26 heavy (non-hydrogen) atoms. The van der Waals surface area contributed by atoms with Crippen LogP contribution in [0.4, 0.5) is 10.5 Å². The standard InChI is InChI=1S/C19H16ClN5O/c20-15-7-12(8-21)5-6-16(15)24-19(26)23-10-18-14-4-2-1-3-13(14)17-9-22-11-25(17)18/h1-7,11,17-18H,9-10H2,(H2,23,24,26). The van der Waals surface area contributed by atoms with Gasteiger partial charge in [-0.25, -0.2) is 4.79 Å². The molecule has 2 aromatic rings. The van der Waals surface area contributed by atoms with Crippen LogP contribution in [0.3, 0.4) is 0 Å². The number of nitrogens with zero attached hydrogens (tertiary/aromatic N) is 3. The number of benzene rings is 2. The lowest BCUT2D eigenvalue weighted by Crippen LogP contribution is -2.36. The number of carbonyl (C=O) groups excluding carboxylic acids is 1. The van der Waals surface area contributed by atoms with Gasteiger partial charge in [0.1, 0.15) is 0 Å². The van der Waals surface area contributed by atoms with Gasteiger partial charge in [-0.3, -0.25) is 4.99 Å². The molecule has 7 heteroatoms. The zero-order valence-electron chi connectivity index (χ0n) is 13.8. The minimum atomic E-state index is -0.339. The summed E-state index contributed by atoms with van der Waals surface area (Å²) >= 11 is 6.10. The number of halogens is 1. The Morgan fingerprint density at radius 2 is 2.12 bits per heavy atom. The van der Waals surface area contributed by atoms with Gasteiger partial charge in [0.15, 0.2) is 0 Å². The SMILES string of the molecule is N#Cc1ccc(NC(=O)NCC2c3ccccc3C3CN=CN32)c(Cl)c1. The fourth-order valence-electron chi connectivity index (χ4n) is 3.51. The lowest BCUT2D eigenvalue weighted by atomic mass is 10.0. The molecule has 0 bridgehead atoms. The summed E-state index contributed by atoms with van der Waals surface area (Å²) in [6, 6.07) is 15.0. The highest BCUT2D eigenvalue weighted by molar-refractivity contribution is 6.33. The Balaban J connectivity index is 1.43. The van der Waals surface area contributed by atoms with E-state index in [0.29, 0.717) is 22.8 Å². The van der Waals surface area contributed by atoms with Crippen molar-refractivity contribution < 1.29 is 4.79 Å². The Bertz CT molecular complexity index is 936. The summed E-state index contributed by atoms with van der Waals surface area (Å²) in [5, 5.41) is 14.8. The molecule has 130 valence electrons. The van der Waals surface area contributed by atoms with Crippen molar-refractivity contribution in [3.05, 3.63) is 64.2 Å². The van der Waals surface area contributed by atoms with E-state index < -0.39 is 0 Å². The van der Waals surface area contributed by atoms with Crippen molar-refractivity contribution in [3.63, 3.8) is 0 Å². The van der Waals surface area contributed by atoms with Crippen molar-refractivity contribution in [2.24, 2.45) is 4.99 Å². The summed E-state index contributed by atoms with van der Waals surface area (Å²) < 4.78 is 0. The zero-order chi connectivity index (χ0) is 18.1. The van der Waals surface area contributed by atoms with E-state index in [4.69, 9.17) is 16.9 Å². The van der Waals surface area contributed by atoms with Crippen LogP contribution in [0, 0.1) is 11.3 Å². The predicted octanol–water partition coefficient (Wildman–Crippen LogP) is 3.47. The van der Waals surface area contributed by atoms with Crippen molar-refractivity contribution in [1.82, 2.24) is 10.2 Å². The van der Waals surface area contributed by atoms with Gasteiger partial charge in [0.2, 0.25) is 0 Å². The molecular weight excluding hydrogens is 350 g/mol. The second-order valence-corrected chi connectivity index (χ2v) is 6.64. The predicted molar refractivity (Wildman–Crippen MR) is 100 cm³/mol. The number of nitriles is 1. The largest absolute Gasteiger partial charge is 0.345 e. The Kier molecular flexibility index (Phi) is 4.23. The topological polar surface area (TPSA) is 80.5 Å². The van der Waals surface area contributed by atoms with Gasteiger partial charge in [-0.1, -0.05) is 35.9 Å². The highest BCUT2D eigenvalue weighted by Gasteiger charge is 2.38. The number of anilines is 1. The quantitative estimate of drug-likeness (QED) is 0.873. The first-order valence-corrected chi connectivity index (χ1v) is 8.66. The van der Waals surface area contributed by atoms with Gasteiger partial charge in [0.05, 0.1) is 47.3 Å². The van der Waals surface area contributed by atoms with Crippen LogP contribution >= 0.6 is 11.6 Å². The fraction of sp³-hybridized carbons (Fsp3) is 0.211. The first kappa shape index (κ1) is 16.4. The summed E-state index contributed by atoms with van der Waals surface area (Å²) in [6.07, 6.45) is 1.87. The third-order valence-electron chi connectivity index (χ3n) is 4.73. The molecule has 0 saturated heterocycles. The number of aliphatic imine (C=N–C) groups is 1. The molecule has 2 aliphatic rings. The zero-order valence-corrected chi connectivity index (χ0v) is 14.6. The molecule has 0 spiro atoms. The number of fused-ring (bicyclic) bond motifs is 3. The highest BCUT2D eigenvalue weighted by Crippen LogP contribution is 2.42. The van der Waals surface area contributed by atoms with E-state index in [1.165, 1.54) is 17.2 Å². The number of hydrogen-bond acceptors (Lipinski definition) is 4. The molecule has 6 nitrogen and oxygen atoms in total. The molecule has 2 N–H and O–H groups in total. The van der Waals surface area contributed by atoms with E-state index in [2.05, 4.69) is 32.7 Å². The van der Waals surface area contributed by atoms with Gasteiger partial charge in [0.25, 0.3) is 0 Å². The molecule has 0 radical (unpaired) electrons. The lowest BCUT2D eigenvalue weighted by Gasteiger charge is -2.24. The van der Waals surface area contributed by atoms with Gasteiger partial charge in [-0.2, -0.15) is 5.26 Å². The molecule has 2 unspecified atom stereocenters. The molecule has 0 aliphatic carbocycles. The monoisotopic (exact) mass is 365 g/mol. The number of amides is 2. The van der Waals surface area contributed by atoms with E-state index >= 15 is 0 Å². The molecule has 2 heterocycles. The Morgan fingerprint density at radius 1 is 1.31 bits per heavy atom. The molecule has 2 atom stereocenters. The van der Waals surface area contributed by atoms with Gasteiger partial charge in [0, 0.05) is 6.54 Å². The van der Waals surface area contributed by atoms with Crippen molar-refractivity contribution in [3.8, 4) is 6.07 Å². The van der Waals surface area contributed by atoms with Gasteiger partial charge in [-0.15, -0.1) is 0 Å². The van der Waals surface area contributed by atoms with Crippen LogP contribution in [0.2, 0.25) is 5.02 Å². The number of nitrogens with one attached hydrogen (secondary N) is 2. The summed E-state index contributed by atoms with van der Waals surface area (Å²) in [7, 11) is 0. The summed E-state index contributed by atoms with van der Waals surface area (Å²) in [6.45, 7) is 1.21. The second-order valence-electron chi connectivity index (χ2n) is 6.23. The van der Waals surface area contributed by atoms with Gasteiger partial charge >= 0.3 is 6.03 Å². The maximum absolute atomic E-state index is 12.3. The van der Waals surface area contributed by atoms with Crippen LogP contribution < -0.4 is 10.6 Å². The lowest BCUT2D eigenvalue weighted by molar-refractivity contribution is 0.245. The molecule has 0 aromatic heterocycles. The average Bonchev–Trinajstić information content (AvgIpc) is 3.23. The van der Waals surface area contributed by atoms with Crippen molar-refractivity contribution >= 4 is 29.7 Å². The molecule has 2 aromatic carbocycles. The molecule has 2 aliphatic heterocycles. The summed E-state index contributed by atoms with van der Waals surface area (Å²) in [5.41, 5.74) is 3.41. The van der Waals surface area contributed by atoms with Crippen LogP contribution in [-0.4, -0.2) is 30.4 Å². The first-order chi connectivity index (χ1) is 12.7. The van der Waals surface area contributed by atoms with Gasteiger partial charge < -0.3 is 15.5 Å². The van der Waals surface area contributed by atoms with Crippen LogP contribution in [0.15, 0.2) is 47.5 Å². The number of rotatable bonds is 3. The molecule has 2 amide bonds. The van der Waals surface area contributed by atoms with E-state index in [1.54, 1.807) is 12.1 Å².